The molecular formula is C67H109N3O18. The van der Waals surface area contributed by atoms with Gasteiger partial charge in [0.15, 0.2) is 36.0 Å². The maximum absolute atomic E-state index is 12.1. The molecule has 6 aliphatic rings. The van der Waals surface area contributed by atoms with E-state index in [9.17, 15) is 59.4 Å². The number of aliphatic hydroxyl groups excluding tert-OH is 6. The molecule has 0 spiro atoms. The summed E-state index contributed by atoms with van der Waals surface area (Å²) in [6.07, 6.45) is 30.1. The lowest BCUT2D eigenvalue weighted by atomic mass is 10.1. The van der Waals surface area contributed by atoms with Gasteiger partial charge in [-0.2, -0.15) is 0 Å². The first kappa shape index (κ1) is 77.1. The van der Waals surface area contributed by atoms with Gasteiger partial charge in [-0.3, -0.25) is 28.8 Å². The van der Waals surface area contributed by atoms with E-state index in [1.165, 1.54) is 97.8 Å². The summed E-state index contributed by atoms with van der Waals surface area (Å²) in [7, 11) is 0. The van der Waals surface area contributed by atoms with Crippen LogP contribution in [0.1, 0.15) is 222 Å². The van der Waals surface area contributed by atoms with Crippen molar-refractivity contribution in [2.45, 2.75) is 296 Å². The zero-order chi connectivity index (χ0) is 63.7. The molecule has 0 unspecified atom stereocenters. The molecule has 0 aromatic rings. The first-order valence-electron chi connectivity index (χ1n) is 32.3. The average Bonchev–Trinajstić information content (AvgIpc) is 2.19. The molecule has 500 valence electrons. The highest BCUT2D eigenvalue weighted by Crippen LogP contribution is 2.31. The van der Waals surface area contributed by atoms with E-state index in [-0.39, 0.29) is 62.5 Å². The fraction of sp³-hybridized carbons (Fsp3) is 0.731. The highest BCUT2D eigenvalue weighted by molar-refractivity contribution is 5.94. The lowest BCUT2D eigenvalue weighted by molar-refractivity contribution is -0.151. The molecule has 0 aromatic carbocycles. The maximum atomic E-state index is 12.1. The molecule has 6 heterocycles. The molecule has 0 bridgehead atoms. The second-order valence-electron chi connectivity index (χ2n) is 23.5. The maximum Gasteiger partial charge on any atom is 0.305 e. The monoisotopic (exact) mass is 1240 g/mol. The highest BCUT2D eigenvalue weighted by Gasteiger charge is 2.48. The Bertz CT molecular complexity index is 2300. The molecule has 6 aliphatic heterocycles. The smallest absolute Gasteiger partial charge is 0.305 e. The van der Waals surface area contributed by atoms with Crippen molar-refractivity contribution in [3.05, 3.63) is 72.1 Å². The van der Waals surface area contributed by atoms with Crippen LogP contribution in [-0.4, -0.2) is 174 Å². The summed E-state index contributed by atoms with van der Waals surface area (Å²) in [5.74, 6) is -1.12. The Kier molecular flexibility index (Phi) is 37.5. The Morgan fingerprint density at radius 2 is 0.614 bits per heavy atom. The zero-order valence-corrected chi connectivity index (χ0v) is 52.8. The van der Waals surface area contributed by atoms with Crippen molar-refractivity contribution >= 4 is 35.3 Å². The van der Waals surface area contributed by atoms with Gasteiger partial charge in [-0.05, 0) is 59.3 Å². The van der Waals surface area contributed by atoms with Crippen LogP contribution in [0, 0.1) is 0 Å². The molecular weight excluding hydrogens is 1130 g/mol. The first-order valence-corrected chi connectivity index (χ1v) is 32.3. The van der Waals surface area contributed by atoms with Crippen molar-refractivity contribution in [3.8, 4) is 0 Å². The summed E-state index contributed by atoms with van der Waals surface area (Å²) in [5, 5.41) is 61.7. The van der Waals surface area contributed by atoms with Gasteiger partial charge in [-0.1, -0.05) is 162 Å². The Morgan fingerprint density at radius 1 is 0.386 bits per heavy atom. The number of carbonyl (C=O) groups is 6. The lowest BCUT2D eigenvalue weighted by Gasteiger charge is -2.28. The molecule has 3 saturated heterocycles. The number of rotatable bonds is 36. The van der Waals surface area contributed by atoms with Crippen LogP contribution in [0.3, 0.4) is 0 Å². The van der Waals surface area contributed by atoms with Crippen molar-refractivity contribution in [2.24, 2.45) is 0 Å². The minimum atomic E-state index is -1.17. The number of nitrogens with zero attached hydrogens (tertiary/aromatic N) is 3. The van der Waals surface area contributed by atoms with Gasteiger partial charge in [0.1, 0.15) is 74.8 Å². The fourth-order valence-corrected chi connectivity index (χ4v) is 10.7. The average molecular weight is 1240 g/mol. The summed E-state index contributed by atoms with van der Waals surface area (Å²) in [4.78, 5) is 75.1. The summed E-state index contributed by atoms with van der Waals surface area (Å²) >= 11 is 0. The molecule has 88 heavy (non-hydrogen) atoms. The summed E-state index contributed by atoms with van der Waals surface area (Å²) in [5.41, 5.74) is 1.80. The van der Waals surface area contributed by atoms with E-state index in [2.05, 4.69) is 20.8 Å². The van der Waals surface area contributed by atoms with Gasteiger partial charge in [-0.25, -0.2) is 0 Å². The third-order valence-corrected chi connectivity index (χ3v) is 16.2. The molecule has 3 fully saturated rings. The normalized spacial score (nSPS) is 26.2. The fourth-order valence-electron chi connectivity index (χ4n) is 10.7. The molecule has 6 rings (SSSR count). The van der Waals surface area contributed by atoms with Crippen molar-refractivity contribution in [3.63, 3.8) is 0 Å². The van der Waals surface area contributed by atoms with Crippen LogP contribution in [0.4, 0.5) is 0 Å². The van der Waals surface area contributed by atoms with E-state index in [4.69, 9.17) is 28.4 Å². The Labute approximate surface area is 523 Å². The van der Waals surface area contributed by atoms with E-state index >= 15 is 0 Å². The number of Topliss-reactive ketones (excluding diaryl/α,β-unsaturated/α-hetero) is 3. The van der Waals surface area contributed by atoms with Crippen LogP contribution < -0.4 is 0 Å². The van der Waals surface area contributed by atoms with Crippen LogP contribution >= 0.6 is 0 Å². The molecule has 21 nitrogen and oxygen atoms in total. The number of ether oxygens (including phenoxy) is 6. The van der Waals surface area contributed by atoms with Crippen molar-refractivity contribution in [2.75, 3.05) is 19.8 Å². The van der Waals surface area contributed by atoms with Crippen molar-refractivity contribution < 1.29 is 87.8 Å². The first-order chi connectivity index (χ1) is 41.8. The SMILES string of the molecule is C.CCCCCC(=O)OC[C@H]1O[C@@H](N2C=CCC(C(C)=O)=C2)[C@H](O)[C@@H]1O.CCCCCCCCCC(=O)OC[C@H]1O[C@@H](N2C=CCC(C(C)=O)=C2)[C@H](O)[C@@H]1O.CCCCCCCCCCCCCC(=O)OC[C@H]1O[C@@H](N2C=CCC(C(C)=O)=C2)[C@H](O)[C@@H]1O. The van der Waals surface area contributed by atoms with Crippen LogP contribution in [0.2, 0.25) is 0 Å². The molecule has 0 aromatic heterocycles. The van der Waals surface area contributed by atoms with Crippen molar-refractivity contribution in [1.29, 1.82) is 0 Å². The predicted octanol–water partition coefficient (Wildman–Crippen LogP) is 9.06. The number of esters is 3. The number of ketones is 3. The minimum Gasteiger partial charge on any atom is -0.463 e. The molecule has 0 aliphatic carbocycles. The standard InChI is InChI=1S/C26H43NO6.C22H35NO6.C18H27NO6.CH4/c1-3-4-5-6-7-8-9-10-11-12-13-16-23(29)32-19-22-24(30)25(31)26(33-22)27-17-14-15-21(18-27)20(2)28;1-3-4-5-6-7-8-9-12-19(25)28-15-18-20(26)21(27)22(29-18)23-13-10-11-17(14-23)16(2)24;1-3-4-5-8-15(21)24-11-14-16(22)17(23)18(25-14)19-9-6-7-13(10-19)12(2)20;/h14,17-18,22,24-26,30-31H,3-13,15-16,19H2,1-2H3;10,13-14,18,20-22,26-27H,3-9,11-12,15H2,1-2H3;6,9-10,14,16-18,22-23H,3-5,7-8,11H2,1-2H3;1H4/t22-,24-,25-,26-;18-,20-,21-,22-;14-,16-,17-,18-;/m111./s1. The third-order valence-electron chi connectivity index (χ3n) is 16.2. The molecule has 12 atom stereocenters. The Balaban J connectivity index is 0.000000346. The highest BCUT2D eigenvalue weighted by atomic mass is 16.6. The summed E-state index contributed by atoms with van der Waals surface area (Å²) in [6, 6.07) is 0. The van der Waals surface area contributed by atoms with Gasteiger partial charge < -0.3 is 73.8 Å². The quantitative estimate of drug-likeness (QED) is 0.0194. The largest absolute Gasteiger partial charge is 0.463 e. The number of carbonyl (C=O) groups excluding carboxylic acids is 6. The topological polar surface area (TPSA) is 289 Å². The van der Waals surface area contributed by atoms with Crippen molar-refractivity contribution in [1.82, 2.24) is 14.7 Å². The van der Waals surface area contributed by atoms with Crippen LogP contribution in [0.15, 0.2) is 72.1 Å². The number of allylic oxidation sites excluding steroid dienone is 6. The Hall–Kier alpha value is -5.10. The van der Waals surface area contributed by atoms with E-state index in [0.717, 1.165) is 57.8 Å². The molecule has 0 amide bonds. The molecule has 6 N–H and O–H groups in total. The number of unbranched alkanes of at least 4 members (excludes halogenated alkanes) is 18. The van der Waals surface area contributed by atoms with Crippen LogP contribution in [0.5, 0.6) is 0 Å². The molecule has 0 radical (unpaired) electrons. The second-order valence-corrected chi connectivity index (χ2v) is 23.5. The number of hydrogen-bond donors (Lipinski definition) is 6. The van der Waals surface area contributed by atoms with E-state index in [1.807, 2.05) is 0 Å². The van der Waals surface area contributed by atoms with Crippen LogP contribution in [-0.2, 0) is 57.2 Å². The lowest BCUT2D eigenvalue weighted by Crippen LogP contribution is -2.40. The Morgan fingerprint density at radius 3 is 0.864 bits per heavy atom. The molecule has 0 saturated carbocycles. The van der Waals surface area contributed by atoms with Gasteiger partial charge in [-0.15, -0.1) is 0 Å². The van der Waals surface area contributed by atoms with Crippen LogP contribution in [0.25, 0.3) is 0 Å². The van der Waals surface area contributed by atoms with E-state index in [1.54, 1.807) is 70.1 Å². The number of aliphatic hydroxyl groups is 6. The summed E-state index contributed by atoms with van der Waals surface area (Å²) in [6.45, 7) is 10.6. The van der Waals surface area contributed by atoms with Gasteiger partial charge in [0.05, 0.1) is 0 Å². The minimum absolute atomic E-state index is 0. The zero-order valence-electron chi connectivity index (χ0n) is 52.8. The summed E-state index contributed by atoms with van der Waals surface area (Å²) < 4.78 is 32.8. The van der Waals surface area contributed by atoms with Gasteiger partial charge in [0.25, 0.3) is 0 Å². The molecule has 21 heteroatoms. The van der Waals surface area contributed by atoms with Gasteiger partial charge in [0.2, 0.25) is 0 Å². The third kappa shape index (κ3) is 26.8. The van der Waals surface area contributed by atoms with E-state index in [0.29, 0.717) is 55.2 Å². The van der Waals surface area contributed by atoms with E-state index < -0.39 is 73.6 Å². The van der Waals surface area contributed by atoms with Gasteiger partial charge >= 0.3 is 17.9 Å². The second kappa shape index (κ2) is 42.8. The predicted molar refractivity (Wildman–Crippen MR) is 333 cm³/mol. The van der Waals surface area contributed by atoms with Gasteiger partial charge in [0, 0.05) is 73.2 Å². The number of hydrogen-bond acceptors (Lipinski definition) is 21.